The summed E-state index contributed by atoms with van der Waals surface area (Å²) >= 11 is 6.23. The zero-order valence-electron chi connectivity index (χ0n) is 13.1. The standard InChI is InChI=1S/C17H20ClN3O2/c1-11(22)21-13-2-3-14(21)9-17(23,8-13)10-20-7-5-12-4-6-19-16(18)15(12)20/h4-7,13-14,23H,2-3,8-10H2,1H3/t13-,14+,17?. The molecule has 2 aromatic rings. The van der Waals surface area contributed by atoms with E-state index < -0.39 is 5.60 Å². The minimum atomic E-state index is -0.803. The normalized spacial score (nSPS) is 30.1. The Morgan fingerprint density at radius 3 is 2.74 bits per heavy atom. The fourth-order valence-corrected chi connectivity index (χ4v) is 4.79. The van der Waals surface area contributed by atoms with E-state index in [1.807, 2.05) is 27.8 Å². The zero-order chi connectivity index (χ0) is 16.2. The third-order valence-electron chi connectivity index (χ3n) is 5.31. The summed E-state index contributed by atoms with van der Waals surface area (Å²) in [6.45, 7) is 2.11. The van der Waals surface area contributed by atoms with Crippen LogP contribution in [0.3, 0.4) is 0 Å². The van der Waals surface area contributed by atoms with Crippen LogP contribution in [-0.4, -0.2) is 43.1 Å². The van der Waals surface area contributed by atoms with E-state index in [9.17, 15) is 9.90 Å². The maximum absolute atomic E-state index is 11.8. The highest BCUT2D eigenvalue weighted by Crippen LogP contribution is 2.42. The van der Waals surface area contributed by atoms with Crippen LogP contribution in [0.4, 0.5) is 0 Å². The van der Waals surface area contributed by atoms with Crippen LogP contribution in [0.15, 0.2) is 24.5 Å². The van der Waals surface area contributed by atoms with Crippen LogP contribution in [0.1, 0.15) is 32.6 Å². The quantitative estimate of drug-likeness (QED) is 0.859. The lowest BCUT2D eigenvalue weighted by molar-refractivity contribution is -0.139. The van der Waals surface area contributed by atoms with Gasteiger partial charge < -0.3 is 14.6 Å². The minimum absolute atomic E-state index is 0.123. The van der Waals surface area contributed by atoms with Crippen molar-refractivity contribution in [1.29, 1.82) is 0 Å². The molecule has 2 aliphatic rings. The number of piperidine rings is 1. The van der Waals surface area contributed by atoms with Crippen molar-refractivity contribution < 1.29 is 9.90 Å². The van der Waals surface area contributed by atoms with Gasteiger partial charge in [0.05, 0.1) is 17.7 Å². The molecule has 0 saturated carbocycles. The van der Waals surface area contributed by atoms with Gasteiger partial charge in [-0.2, -0.15) is 0 Å². The van der Waals surface area contributed by atoms with Gasteiger partial charge in [0.2, 0.25) is 5.91 Å². The summed E-state index contributed by atoms with van der Waals surface area (Å²) in [6.07, 6.45) is 6.87. The Labute approximate surface area is 139 Å². The second-order valence-electron chi connectivity index (χ2n) is 6.93. The summed E-state index contributed by atoms with van der Waals surface area (Å²) in [6, 6.07) is 4.23. The van der Waals surface area contributed by atoms with Crippen molar-refractivity contribution in [2.75, 3.05) is 0 Å². The monoisotopic (exact) mass is 333 g/mol. The van der Waals surface area contributed by atoms with Crippen LogP contribution in [0.25, 0.3) is 10.9 Å². The number of carbonyl (C=O) groups is 1. The number of pyridine rings is 1. The Morgan fingerprint density at radius 1 is 1.39 bits per heavy atom. The molecule has 1 unspecified atom stereocenters. The van der Waals surface area contributed by atoms with E-state index in [4.69, 9.17) is 11.6 Å². The van der Waals surface area contributed by atoms with Crippen molar-refractivity contribution in [2.45, 2.75) is 56.8 Å². The van der Waals surface area contributed by atoms with Crippen molar-refractivity contribution in [3.63, 3.8) is 0 Å². The highest BCUT2D eigenvalue weighted by atomic mass is 35.5. The fourth-order valence-electron chi connectivity index (χ4n) is 4.52. The Balaban J connectivity index is 1.63. The van der Waals surface area contributed by atoms with Crippen molar-refractivity contribution in [3.05, 3.63) is 29.7 Å². The van der Waals surface area contributed by atoms with E-state index in [-0.39, 0.29) is 18.0 Å². The third-order valence-corrected chi connectivity index (χ3v) is 5.59. The highest BCUT2D eigenvalue weighted by molar-refractivity contribution is 6.33. The lowest BCUT2D eigenvalue weighted by Gasteiger charge is -2.43. The largest absolute Gasteiger partial charge is 0.388 e. The first-order valence-electron chi connectivity index (χ1n) is 8.07. The van der Waals surface area contributed by atoms with E-state index in [2.05, 4.69) is 4.98 Å². The van der Waals surface area contributed by atoms with Crippen LogP contribution >= 0.6 is 11.6 Å². The molecule has 5 nitrogen and oxygen atoms in total. The van der Waals surface area contributed by atoms with Gasteiger partial charge >= 0.3 is 0 Å². The second-order valence-corrected chi connectivity index (χ2v) is 7.29. The van der Waals surface area contributed by atoms with E-state index in [1.54, 1.807) is 13.1 Å². The summed E-state index contributed by atoms with van der Waals surface area (Å²) < 4.78 is 1.99. The van der Waals surface area contributed by atoms with Crippen molar-refractivity contribution in [2.24, 2.45) is 0 Å². The van der Waals surface area contributed by atoms with Gasteiger partial charge in [-0.15, -0.1) is 0 Å². The Morgan fingerprint density at radius 2 is 2.09 bits per heavy atom. The number of hydrogen-bond donors (Lipinski definition) is 1. The molecule has 1 amide bonds. The smallest absolute Gasteiger partial charge is 0.219 e. The minimum Gasteiger partial charge on any atom is -0.388 e. The van der Waals surface area contributed by atoms with Gasteiger partial charge in [0.1, 0.15) is 0 Å². The molecule has 122 valence electrons. The van der Waals surface area contributed by atoms with Gasteiger partial charge in [0.25, 0.3) is 0 Å². The maximum Gasteiger partial charge on any atom is 0.219 e. The molecule has 23 heavy (non-hydrogen) atoms. The van der Waals surface area contributed by atoms with Crippen molar-refractivity contribution >= 4 is 28.4 Å². The molecular formula is C17H20ClN3O2. The molecule has 0 aliphatic carbocycles. The molecule has 6 heteroatoms. The summed E-state index contributed by atoms with van der Waals surface area (Å²) in [7, 11) is 0. The van der Waals surface area contributed by atoms with Crippen molar-refractivity contribution in [1.82, 2.24) is 14.5 Å². The number of rotatable bonds is 2. The predicted molar refractivity (Wildman–Crippen MR) is 88.3 cm³/mol. The van der Waals surface area contributed by atoms with Gasteiger partial charge in [0.15, 0.2) is 5.15 Å². The van der Waals surface area contributed by atoms with Crippen LogP contribution in [0.5, 0.6) is 0 Å². The van der Waals surface area contributed by atoms with E-state index in [0.29, 0.717) is 24.5 Å². The number of aromatic nitrogens is 2. The number of amides is 1. The van der Waals surface area contributed by atoms with Gasteiger partial charge in [-0.25, -0.2) is 4.98 Å². The van der Waals surface area contributed by atoms with Crippen LogP contribution < -0.4 is 0 Å². The first-order valence-corrected chi connectivity index (χ1v) is 8.45. The Kier molecular flexibility index (Phi) is 3.39. The second kappa shape index (κ2) is 5.21. The average molecular weight is 334 g/mol. The Hall–Kier alpha value is -1.59. The van der Waals surface area contributed by atoms with E-state index in [0.717, 1.165) is 23.7 Å². The molecule has 2 bridgehead atoms. The first kappa shape index (κ1) is 15.0. The summed E-state index contributed by atoms with van der Waals surface area (Å²) in [5.41, 5.74) is 0.0621. The van der Waals surface area contributed by atoms with Gasteiger partial charge in [-0.3, -0.25) is 4.79 Å². The number of carbonyl (C=O) groups excluding carboxylic acids is 1. The number of fused-ring (bicyclic) bond motifs is 3. The highest BCUT2D eigenvalue weighted by Gasteiger charge is 2.48. The van der Waals surface area contributed by atoms with Gasteiger partial charge in [0, 0.05) is 36.8 Å². The lowest BCUT2D eigenvalue weighted by Crippen LogP contribution is -2.54. The first-order chi connectivity index (χ1) is 11.0. The molecule has 2 saturated heterocycles. The molecule has 2 fully saturated rings. The van der Waals surface area contributed by atoms with Crippen LogP contribution in [0.2, 0.25) is 5.15 Å². The van der Waals surface area contributed by atoms with Crippen LogP contribution in [-0.2, 0) is 11.3 Å². The molecule has 1 N–H and O–H groups in total. The van der Waals surface area contributed by atoms with Gasteiger partial charge in [-0.1, -0.05) is 11.6 Å². The molecule has 2 aliphatic heterocycles. The van der Waals surface area contributed by atoms with E-state index >= 15 is 0 Å². The maximum atomic E-state index is 11.8. The fraction of sp³-hybridized carbons (Fsp3) is 0.529. The number of halogens is 1. The molecular weight excluding hydrogens is 314 g/mol. The molecule has 3 atom stereocenters. The van der Waals surface area contributed by atoms with Gasteiger partial charge in [-0.05, 0) is 37.8 Å². The van der Waals surface area contributed by atoms with E-state index in [1.165, 1.54) is 0 Å². The number of aliphatic hydroxyl groups is 1. The summed E-state index contributed by atoms with van der Waals surface area (Å²) in [5, 5.41) is 12.6. The predicted octanol–water partition coefficient (Wildman–Crippen LogP) is 2.59. The number of hydrogen-bond acceptors (Lipinski definition) is 3. The summed E-state index contributed by atoms with van der Waals surface area (Å²) in [4.78, 5) is 17.9. The van der Waals surface area contributed by atoms with Crippen molar-refractivity contribution in [3.8, 4) is 0 Å². The third kappa shape index (κ3) is 2.42. The molecule has 0 aromatic carbocycles. The summed E-state index contributed by atoms with van der Waals surface area (Å²) in [5.74, 6) is 0.123. The average Bonchev–Trinajstić information content (AvgIpc) is 3.00. The Bertz CT molecular complexity index is 758. The molecule has 0 spiro atoms. The molecule has 2 aromatic heterocycles. The molecule has 4 heterocycles. The number of nitrogens with zero attached hydrogens (tertiary/aromatic N) is 3. The molecule has 0 radical (unpaired) electrons. The zero-order valence-corrected chi connectivity index (χ0v) is 13.8. The lowest BCUT2D eigenvalue weighted by atomic mass is 9.86. The topological polar surface area (TPSA) is 58.4 Å². The SMILES string of the molecule is CC(=O)N1[C@@H]2CC[C@H]1CC(O)(Cn1ccc3ccnc(Cl)c31)C2. The van der Waals surface area contributed by atoms with Crippen LogP contribution in [0, 0.1) is 0 Å². The molecule has 4 rings (SSSR count).